The van der Waals surface area contributed by atoms with Crippen LogP contribution in [0.3, 0.4) is 0 Å². The first-order valence-corrected chi connectivity index (χ1v) is 5.62. The number of aliphatic hydroxyl groups excluding tert-OH is 1. The summed E-state index contributed by atoms with van der Waals surface area (Å²) in [5.41, 5.74) is -0.0766. The van der Waals surface area contributed by atoms with Crippen molar-refractivity contribution in [2.75, 3.05) is 7.11 Å². The van der Waals surface area contributed by atoms with Gasteiger partial charge in [-0.05, 0) is 12.8 Å². The fraction of sp³-hybridized carbons (Fsp3) is 0.636. The topological polar surface area (TPSA) is 88.3 Å². The van der Waals surface area contributed by atoms with Crippen molar-refractivity contribution < 1.29 is 19.4 Å². The standard InChI is InChI=1S/C11H14N2O4/c1-17-11(16)13-12-8-9(14)6-4-2-3-5-7(6)10(8)15/h6-7,14H,2-5H2,1H3. The van der Waals surface area contributed by atoms with Crippen molar-refractivity contribution in [3.8, 4) is 0 Å². The number of ether oxygens (including phenoxy) is 1. The first-order valence-electron chi connectivity index (χ1n) is 5.62. The first kappa shape index (κ1) is 11.8. The third-order valence-electron chi connectivity index (χ3n) is 3.34. The van der Waals surface area contributed by atoms with Crippen LogP contribution in [-0.2, 0) is 9.53 Å². The molecule has 2 rings (SSSR count). The van der Waals surface area contributed by atoms with E-state index in [9.17, 15) is 14.7 Å². The number of amides is 1. The molecule has 1 fully saturated rings. The Morgan fingerprint density at radius 1 is 1.35 bits per heavy atom. The summed E-state index contributed by atoms with van der Waals surface area (Å²) in [6.45, 7) is 0. The number of ketones is 1. The Morgan fingerprint density at radius 2 is 2.00 bits per heavy atom. The molecule has 0 aromatic rings. The molecule has 0 bridgehead atoms. The van der Waals surface area contributed by atoms with Crippen LogP contribution in [0, 0.1) is 11.8 Å². The van der Waals surface area contributed by atoms with E-state index in [-0.39, 0.29) is 29.1 Å². The molecule has 0 aromatic carbocycles. The first-order chi connectivity index (χ1) is 8.15. The zero-order valence-corrected chi connectivity index (χ0v) is 9.55. The van der Waals surface area contributed by atoms with Gasteiger partial charge < -0.3 is 9.84 Å². The van der Waals surface area contributed by atoms with Crippen molar-refractivity contribution in [3.05, 3.63) is 11.5 Å². The number of azo groups is 1. The second kappa shape index (κ2) is 4.65. The molecule has 2 aliphatic rings. The number of allylic oxidation sites excluding steroid dienone is 2. The Bertz CT molecular complexity index is 414. The maximum Gasteiger partial charge on any atom is 0.452 e. The second-order valence-corrected chi connectivity index (χ2v) is 4.27. The summed E-state index contributed by atoms with van der Waals surface area (Å²) in [6, 6.07) is 0. The highest BCUT2D eigenvalue weighted by molar-refractivity contribution is 6.00. The lowest BCUT2D eigenvalue weighted by atomic mass is 9.80. The molecule has 1 amide bonds. The summed E-state index contributed by atoms with van der Waals surface area (Å²) in [5.74, 6) is -0.551. The van der Waals surface area contributed by atoms with Crippen molar-refractivity contribution in [2.24, 2.45) is 22.1 Å². The van der Waals surface area contributed by atoms with Gasteiger partial charge in [0.1, 0.15) is 5.76 Å². The number of aliphatic hydroxyl groups is 1. The Balaban J connectivity index is 2.21. The summed E-state index contributed by atoms with van der Waals surface area (Å²) < 4.78 is 4.28. The highest BCUT2D eigenvalue weighted by Crippen LogP contribution is 2.42. The molecule has 92 valence electrons. The van der Waals surface area contributed by atoms with Gasteiger partial charge in [0.25, 0.3) is 0 Å². The van der Waals surface area contributed by atoms with Crippen LogP contribution < -0.4 is 0 Å². The molecule has 0 heterocycles. The molecule has 0 aliphatic heterocycles. The van der Waals surface area contributed by atoms with Gasteiger partial charge in [-0.1, -0.05) is 18.0 Å². The van der Waals surface area contributed by atoms with E-state index in [4.69, 9.17) is 0 Å². The molecule has 2 aliphatic carbocycles. The van der Waals surface area contributed by atoms with Gasteiger partial charge in [0.15, 0.2) is 11.5 Å². The molecule has 17 heavy (non-hydrogen) atoms. The summed E-state index contributed by atoms with van der Waals surface area (Å²) in [5, 5.41) is 16.6. The summed E-state index contributed by atoms with van der Waals surface area (Å²) in [7, 11) is 1.17. The predicted octanol–water partition coefficient (Wildman–Crippen LogP) is 2.36. The van der Waals surface area contributed by atoms with Crippen LogP contribution in [0.15, 0.2) is 21.7 Å². The molecule has 0 aromatic heterocycles. The lowest BCUT2D eigenvalue weighted by Crippen LogP contribution is -2.21. The van der Waals surface area contributed by atoms with Crippen LogP contribution in [-0.4, -0.2) is 24.1 Å². The predicted molar refractivity (Wildman–Crippen MR) is 57.4 cm³/mol. The molecule has 1 N–H and O–H groups in total. The van der Waals surface area contributed by atoms with Gasteiger partial charge >= 0.3 is 6.09 Å². The number of carbonyl (C=O) groups excluding carboxylic acids is 2. The Hall–Kier alpha value is -1.72. The average molecular weight is 238 g/mol. The van der Waals surface area contributed by atoms with Gasteiger partial charge in [0.05, 0.1) is 7.11 Å². The van der Waals surface area contributed by atoms with Gasteiger partial charge in [-0.25, -0.2) is 4.79 Å². The van der Waals surface area contributed by atoms with Crippen molar-refractivity contribution in [1.29, 1.82) is 0 Å². The molecule has 6 nitrogen and oxygen atoms in total. The van der Waals surface area contributed by atoms with Gasteiger partial charge in [0, 0.05) is 11.8 Å². The highest BCUT2D eigenvalue weighted by atomic mass is 16.5. The van der Waals surface area contributed by atoms with E-state index in [0.717, 1.165) is 25.7 Å². The van der Waals surface area contributed by atoms with Gasteiger partial charge in [-0.2, -0.15) is 0 Å². The molecule has 0 radical (unpaired) electrons. The van der Waals surface area contributed by atoms with E-state index >= 15 is 0 Å². The zero-order chi connectivity index (χ0) is 12.4. The smallest absolute Gasteiger partial charge is 0.452 e. The molecule has 2 atom stereocenters. The van der Waals surface area contributed by atoms with Crippen LogP contribution in [0.2, 0.25) is 0 Å². The van der Waals surface area contributed by atoms with Crippen LogP contribution in [0.25, 0.3) is 0 Å². The van der Waals surface area contributed by atoms with Crippen LogP contribution >= 0.6 is 0 Å². The highest BCUT2D eigenvalue weighted by Gasteiger charge is 2.43. The fourth-order valence-electron chi connectivity index (χ4n) is 2.48. The SMILES string of the molecule is COC(=O)N=NC1=C(O)C2CCCCC2C1=O. The van der Waals surface area contributed by atoms with E-state index in [1.54, 1.807) is 0 Å². The van der Waals surface area contributed by atoms with Crippen LogP contribution in [0.4, 0.5) is 4.79 Å². The Kier molecular flexibility index (Phi) is 3.21. The number of hydrogen-bond donors (Lipinski definition) is 1. The van der Waals surface area contributed by atoms with E-state index in [2.05, 4.69) is 15.0 Å². The van der Waals surface area contributed by atoms with Crippen molar-refractivity contribution in [1.82, 2.24) is 0 Å². The van der Waals surface area contributed by atoms with E-state index in [1.807, 2.05) is 0 Å². The van der Waals surface area contributed by atoms with Gasteiger partial charge in [-0.15, -0.1) is 5.11 Å². The minimum absolute atomic E-state index is 0.0210. The van der Waals surface area contributed by atoms with E-state index < -0.39 is 6.09 Å². The summed E-state index contributed by atoms with van der Waals surface area (Å²) in [6.07, 6.45) is 2.67. The van der Waals surface area contributed by atoms with Gasteiger partial charge in [0.2, 0.25) is 0 Å². The maximum atomic E-state index is 11.9. The van der Waals surface area contributed by atoms with Crippen LogP contribution in [0.1, 0.15) is 25.7 Å². The van der Waals surface area contributed by atoms with Crippen LogP contribution in [0.5, 0.6) is 0 Å². The number of rotatable bonds is 1. The molecule has 0 saturated heterocycles. The van der Waals surface area contributed by atoms with Crippen molar-refractivity contribution in [2.45, 2.75) is 25.7 Å². The number of hydrogen-bond acceptors (Lipinski definition) is 5. The van der Waals surface area contributed by atoms with E-state index in [0.29, 0.717) is 0 Å². The summed E-state index contributed by atoms with van der Waals surface area (Å²) >= 11 is 0. The average Bonchev–Trinajstić information content (AvgIpc) is 2.60. The monoisotopic (exact) mass is 238 g/mol. The quantitative estimate of drug-likeness (QED) is 0.710. The lowest BCUT2D eigenvalue weighted by Gasteiger charge is -2.23. The Morgan fingerprint density at radius 3 is 2.59 bits per heavy atom. The molecule has 2 unspecified atom stereocenters. The number of methoxy groups -OCH3 is 1. The fourth-order valence-corrected chi connectivity index (χ4v) is 2.48. The third kappa shape index (κ3) is 2.07. The van der Waals surface area contributed by atoms with Crippen molar-refractivity contribution >= 4 is 11.9 Å². The largest absolute Gasteiger partial charge is 0.510 e. The Labute approximate surface area is 98.4 Å². The third-order valence-corrected chi connectivity index (χ3v) is 3.34. The number of Topliss-reactive ketones (excluding diaryl/α,β-unsaturated/α-hetero) is 1. The normalized spacial score (nSPS) is 28.6. The molecule has 0 spiro atoms. The number of carbonyl (C=O) groups is 2. The summed E-state index contributed by atoms with van der Waals surface area (Å²) in [4.78, 5) is 22.7. The molecular formula is C11H14N2O4. The van der Waals surface area contributed by atoms with Crippen molar-refractivity contribution in [3.63, 3.8) is 0 Å². The molecular weight excluding hydrogens is 224 g/mol. The van der Waals surface area contributed by atoms with Gasteiger partial charge in [-0.3, -0.25) is 4.79 Å². The molecule has 1 saturated carbocycles. The minimum Gasteiger partial charge on any atom is -0.510 e. The van der Waals surface area contributed by atoms with E-state index in [1.165, 1.54) is 7.11 Å². The zero-order valence-electron chi connectivity index (χ0n) is 9.55. The number of fused-ring (bicyclic) bond motifs is 1. The number of nitrogens with zero attached hydrogens (tertiary/aromatic N) is 2. The maximum absolute atomic E-state index is 11.9. The molecule has 6 heteroatoms. The second-order valence-electron chi connectivity index (χ2n) is 4.27. The minimum atomic E-state index is -0.882. The lowest BCUT2D eigenvalue weighted by molar-refractivity contribution is -0.120.